The van der Waals surface area contributed by atoms with E-state index in [9.17, 15) is 5.11 Å². The lowest BCUT2D eigenvalue weighted by molar-refractivity contribution is 0.475. The number of aryl methyl sites for hydroxylation is 1. The highest BCUT2D eigenvalue weighted by Gasteiger charge is 2.13. The van der Waals surface area contributed by atoms with Crippen LogP contribution < -0.4 is 0 Å². The summed E-state index contributed by atoms with van der Waals surface area (Å²) in [7, 11) is 0. The van der Waals surface area contributed by atoms with Gasteiger partial charge in [-0.05, 0) is 47.7 Å². The lowest BCUT2D eigenvalue weighted by Gasteiger charge is -2.07. The first-order valence-electron chi connectivity index (χ1n) is 9.16. The van der Waals surface area contributed by atoms with Gasteiger partial charge in [0.05, 0.1) is 0 Å². The number of aromatic hydroxyl groups is 1. The summed E-state index contributed by atoms with van der Waals surface area (Å²) in [5, 5.41) is 10.8. The molecule has 0 aliphatic heterocycles. The SMILES string of the molecule is CCCCc1sc2ccccc2c1-c1ccc(-c2ccc(O)cc2)cc1. The minimum atomic E-state index is 0.302. The van der Waals surface area contributed by atoms with Gasteiger partial charge in [0.2, 0.25) is 0 Å². The second kappa shape index (κ2) is 7.35. The molecule has 1 aromatic heterocycles. The Morgan fingerprint density at radius 3 is 2.08 bits per heavy atom. The van der Waals surface area contributed by atoms with Crippen molar-refractivity contribution in [3.63, 3.8) is 0 Å². The van der Waals surface area contributed by atoms with E-state index in [4.69, 9.17) is 0 Å². The molecule has 1 heterocycles. The first kappa shape index (κ1) is 16.9. The van der Waals surface area contributed by atoms with Gasteiger partial charge in [0.25, 0.3) is 0 Å². The first-order chi connectivity index (χ1) is 12.8. The fourth-order valence-electron chi connectivity index (χ4n) is 3.41. The van der Waals surface area contributed by atoms with Crippen LogP contribution in [0, 0.1) is 0 Å². The van der Waals surface area contributed by atoms with Crippen molar-refractivity contribution in [2.45, 2.75) is 26.2 Å². The number of thiophene rings is 1. The van der Waals surface area contributed by atoms with Crippen LogP contribution in [0.1, 0.15) is 24.6 Å². The average molecular weight is 359 g/mol. The van der Waals surface area contributed by atoms with Gasteiger partial charge in [-0.3, -0.25) is 0 Å². The molecule has 1 nitrogen and oxygen atoms in total. The maximum Gasteiger partial charge on any atom is 0.115 e. The van der Waals surface area contributed by atoms with Crippen LogP contribution >= 0.6 is 11.3 Å². The second-order valence-corrected chi connectivity index (χ2v) is 7.76. The van der Waals surface area contributed by atoms with Crippen LogP contribution in [-0.2, 0) is 6.42 Å². The van der Waals surface area contributed by atoms with Crippen LogP contribution in [0.15, 0.2) is 72.8 Å². The zero-order valence-corrected chi connectivity index (χ0v) is 15.7. The molecule has 0 spiro atoms. The Kier molecular flexibility index (Phi) is 4.77. The van der Waals surface area contributed by atoms with E-state index in [2.05, 4.69) is 55.5 Å². The maximum atomic E-state index is 9.48. The Morgan fingerprint density at radius 2 is 1.38 bits per heavy atom. The number of phenols is 1. The van der Waals surface area contributed by atoms with Gasteiger partial charge < -0.3 is 5.11 Å². The van der Waals surface area contributed by atoms with Gasteiger partial charge in [-0.1, -0.05) is 67.9 Å². The molecule has 0 saturated heterocycles. The van der Waals surface area contributed by atoms with Gasteiger partial charge in [0.15, 0.2) is 0 Å². The molecule has 4 rings (SSSR count). The van der Waals surface area contributed by atoms with Crippen molar-refractivity contribution in [2.75, 3.05) is 0 Å². The van der Waals surface area contributed by atoms with Crippen molar-refractivity contribution < 1.29 is 5.11 Å². The lowest BCUT2D eigenvalue weighted by atomic mass is 9.97. The molecule has 0 aliphatic carbocycles. The highest BCUT2D eigenvalue weighted by molar-refractivity contribution is 7.19. The Bertz CT molecular complexity index is 1010. The predicted molar refractivity (Wildman–Crippen MR) is 113 cm³/mol. The third kappa shape index (κ3) is 3.25. The van der Waals surface area contributed by atoms with Crippen molar-refractivity contribution in [2.24, 2.45) is 0 Å². The van der Waals surface area contributed by atoms with E-state index in [0.717, 1.165) is 12.0 Å². The van der Waals surface area contributed by atoms with E-state index in [-0.39, 0.29) is 0 Å². The van der Waals surface area contributed by atoms with Crippen LogP contribution in [0.2, 0.25) is 0 Å². The summed E-state index contributed by atoms with van der Waals surface area (Å²) in [6, 6.07) is 24.9. The lowest BCUT2D eigenvalue weighted by Crippen LogP contribution is -1.86. The number of hydrogen-bond donors (Lipinski definition) is 1. The van der Waals surface area contributed by atoms with E-state index >= 15 is 0 Å². The van der Waals surface area contributed by atoms with E-state index in [1.54, 1.807) is 12.1 Å². The highest BCUT2D eigenvalue weighted by Crippen LogP contribution is 2.40. The monoisotopic (exact) mass is 358 g/mol. The number of unbranched alkanes of at least 4 members (excludes halogenated alkanes) is 1. The quantitative estimate of drug-likeness (QED) is 0.397. The van der Waals surface area contributed by atoms with Crippen molar-refractivity contribution in [1.82, 2.24) is 0 Å². The summed E-state index contributed by atoms with van der Waals surface area (Å²) in [6.45, 7) is 2.25. The zero-order valence-electron chi connectivity index (χ0n) is 14.9. The van der Waals surface area contributed by atoms with Crippen LogP contribution in [0.3, 0.4) is 0 Å². The molecule has 0 bridgehead atoms. The van der Waals surface area contributed by atoms with Gasteiger partial charge in [0, 0.05) is 20.5 Å². The fourth-order valence-corrected chi connectivity index (χ4v) is 4.68. The molecule has 2 heteroatoms. The summed E-state index contributed by atoms with van der Waals surface area (Å²) >= 11 is 1.93. The zero-order chi connectivity index (χ0) is 17.9. The number of hydrogen-bond acceptors (Lipinski definition) is 2. The molecule has 3 aromatic carbocycles. The second-order valence-electron chi connectivity index (χ2n) is 6.62. The summed E-state index contributed by atoms with van der Waals surface area (Å²) in [5.41, 5.74) is 4.98. The number of phenolic OH excluding ortho intramolecular Hbond substituents is 1. The summed E-state index contributed by atoms with van der Waals surface area (Å²) < 4.78 is 1.37. The maximum absolute atomic E-state index is 9.48. The summed E-state index contributed by atoms with van der Waals surface area (Å²) in [4.78, 5) is 1.49. The molecule has 0 fully saturated rings. The Balaban J connectivity index is 1.76. The first-order valence-corrected chi connectivity index (χ1v) is 9.98. The van der Waals surface area contributed by atoms with Gasteiger partial charge in [0.1, 0.15) is 5.75 Å². The predicted octanol–water partition coefficient (Wildman–Crippen LogP) is 7.28. The van der Waals surface area contributed by atoms with Gasteiger partial charge in [-0.15, -0.1) is 11.3 Å². The Hall–Kier alpha value is -2.58. The molecule has 0 atom stereocenters. The van der Waals surface area contributed by atoms with Gasteiger partial charge in [-0.25, -0.2) is 0 Å². The van der Waals surface area contributed by atoms with Crippen LogP contribution in [0.5, 0.6) is 5.75 Å². The number of rotatable bonds is 5. The highest BCUT2D eigenvalue weighted by atomic mass is 32.1. The topological polar surface area (TPSA) is 20.2 Å². The molecule has 0 radical (unpaired) electrons. The Labute approximate surface area is 158 Å². The molecule has 0 aliphatic rings. The normalized spacial score (nSPS) is 11.1. The molecular formula is C24H22OS. The molecule has 130 valence electrons. The van der Waals surface area contributed by atoms with E-state index in [1.807, 2.05) is 23.5 Å². The Morgan fingerprint density at radius 1 is 0.769 bits per heavy atom. The smallest absolute Gasteiger partial charge is 0.115 e. The largest absolute Gasteiger partial charge is 0.508 e. The van der Waals surface area contributed by atoms with Crippen molar-refractivity contribution in [3.8, 4) is 28.0 Å². The van der Waals surface area contributed by atoms with Crippen LogP contribution in [0.25, 0.3) is 32.3 Å². The summed E-state index contributed by atoms with van der Waals surface area (Å²) in [5.74, 6) is 0.302. The van der Waals surface area contributed by atoms with E-state index in [0.29, 0.717) is 5.75 Å². The third-order valence-electron chi connectivity index (χ3n) is 4.80. The minimum Gasteiger partial charge on any atom is -0.508 e. The molecule has 0 saturated carbocycles. The number of fused-ring (bicyclic) bond motifs is 1. The summed E-state index contributed by atoms with van der Waals surface area (Å²) in [6.07, 6.45) is 3.59. The number of benzene rings is 3. The third-order valence-corrected chi connectivity index (χ3v) is 6.03. The fraction of sp³-hybridized carbons (Fsp3) is 0.167. The van der Waals surface area contributed by atoms with Crippen molar-refractivity contribution in [3.05, 3.63) is 77.7 Å². The van der Waals surface area contributed by atoms with Crippen LogP contribution in [-0.4, -0.2) is 5.11 Å². The van der Waals surface area contributed by atoms with Crippen molar-refractivity contribution >= 4 is 21.4 Å². The van der Waals surface area contributed by atoms with Crippen LogP contribution in [0.4, 0.5) is 0 Å². The molecule has 26 heavy (non-hydrogen) atoms. The average Bonchev–Trinajstić information content (AvgIpc) is 3.05. The van der Waals surface area contributed by atoms with Gasteiger partial charge >= 0.3 is 0 Å². The minimum absolute atomic E-state index is 0.302. The van der Waals surface area contributed by atoms with E-state index in [1.165, 1.54) is 44.5 Å². The van der Waals surface area contributed by atoms with E-state index < -0.39 is 0 Å². The van der Waals surface area contributed by atoms with Gasteiger partial charge in [-0.2, -0.15) is 0 Å². The molecule has 0 unspecified atom stereocenters. The molecular weight excluding hydrogens is 336 g/mol. The molecule has 0 amide bonds. The standard InChI is InChI=1S/C24H22OS/c1-2-3-7-23-24(21-6-4-5-8-22(21)26-23)19-11-9-17(10-12-19)18-13-15-20(25)16-14-18/h4-6,8-16,25H,2-3,7H2,1H3. The molecule has 4 aromatic rings. The molecule has 1 N–H and O–H groups in total. The van der Waals surface area contributed by atoms with Crippen molar-refractivity contribution in [1.29, 1.82) is 0 Å².